The fourth-order valence-corrected chi connectivity index (χ4v) is 2.15. The van der Waals surface area contributed by atoms with Gasteiger partial charge in [0.1, 0.15) is 11.5 Å². The van der Waals surface area contributed by atoms with Crippen molar-refractivity contribution in [1.82, 2.24) is 19.9 Å². The number of carbonyl (C=O) groups is 1. The zero-order chi connectivity index (χ0) is 20.2. The van der Waals surface area contributed by atoms with Crippen LogP contribution in [0.25, 0.3) is 22.4 Å². The van der Waals surface area contributed by atoms with Crippen molar-refractivity contribution < 1.29 is 18.7 Å². The smallest absolute Gasteiger partial charge is 0.303 e. The summed E-state index contributed by atoms with van der Waals surface area (Å²) < 4.78 is 26.1. The number of H-pyrrole nitrogens is 1. The molecule has 0 aliphatic carbocycles. The van der Waals surface area contributed by atoms with E-state index in [1.165, 1.54) is 6.07 Å². The molecule has 0 fully saturated rings. The summed E-state index contributed by atoms with van der Waals surface area (Å²) in [5.74, 6) is -1.91. The SMILES string of the molecule is CC(C)(C)CCC(=O)O.Nc1nc(-c2c[nH]c3ncc(F)cc23)ncc1F. The molecule has 144 valence electrons. The minimum atomic E-state index is -0.704. The average molecular weight is 377 g/mol. The van der Waals surface area contributed by atoms with E-state index in [-0.39, 0.29) is 23.5 Å². The largest absolute Gasteiger partial charge is 0.481 e. The topological polar surface area (TPSA) is 118 Å². The number of nitrogens with zero attached hydrogens (tertiary/aromatic N) is 3. The lowest BCUT2D eigenvalue weighted by molar-refractivity contribution is -0.137. The van der Waals surface area contributed by atoms with Gasteiger partial charge < -0.3 is 15.8 Å². The van der Waals surface area contributed by atoms with Crippen LogP contribution in [0, 0.1) is 17.0 Å². The molecule has 0 saturated carbocycles. The van der Waals surface area contributed by atoms with Crippen molar-refractivity contribution in [3.05, 3.63) is 36.3 Å². The summed E-state index contributed by atoms with van der Waals surface area (Å²) >= 11 is 0. The minimum absolute atomic E-state index is 0.151. The Hall–Kier alpha value is -3.10. The Labute approximate surface area is 154 Å². The van der Waals surface area contributed by atoms with Crippen molar-refractivity contribution in [2.24, 2.45) is 5.41 Å². The second-order valence-electron chi connectivity index (χ2n) is 7.13. The van der Waals surface area contributed by atoms with Crippen LogP contribution in [0.15, 0.2) is 24.7 Å². The number of carboxylic acids is 1. The maximum absolute atomic E-state index is 13.2. The highest BCUT2D eigenvalue weighted by atomic mass is 19.1. The highest BCUT2D eigenvalue weighted by Gasteiger charge is 2.12. The molecule has 3 heterocycles. The predicted octanol–water partition coefficient (Wildman–Crippen LogP) is 3.78. The van der Waals surface area contributed by atoms with Gasteiger partial charge in [0.15, 0.2) is 17.5 Å². The number of aromatic nitrogens is 4. The zero-order valence-electron chi connectivity index (χ0n) is 15.3. The Kier molecular flexibility index (Phi) is 6.04. The van der Waals surface area contributed by atoms with Gasteiger partial charge in [-0.25, -0.2) is 23.7 Å². The fourth-order valence-electron chi connectivity index (χ4n) is 2.15. The molecule has 0 aromatic carbocycles. The fraction of sp³-hybridized carbons (Fsp3) is 0.333. The summed E-state index contributed by atoms with van der Waals surface area (Å²) in [6.07, 6.45) is 4.68. The number of fused-ring (bicyclic) bond motifs is 1. The molecule has 9 heteroatoms. The third-order valence-electron chi connectivity index (χ3n) is 3.60. The van der Waals surface area contributed by atoms with Crippen LogP contribution >= 0.6 is 0 Å². The van der Waals surface area contributed by atoms with Gasteiger partial charge in [-0.15, -0.1) is 0 Å². The highest BCUT2D eigenvalue weighted by molar-refractivity contribution is 5.91. The maximum Gasteiger partial charge on any atom is 0.303 e. The summed E-state index contributed by atoms with van der Waals surface area (Å²) in [6, 6.07) is 1.30. The normalized spacial score (nSPS) is 11.1. The Morgan fingerprint density at radius 2 is 1.96 bits per heavy atom. The van der Waals surface area contributed by atoms with Gasteiger partial charge >= 0.3 is 5.97 Å². The van der Waals surface area contributed by atoms with E-state index in [0.717, 1.165) is 18.8 Å². The molecule has 7 nitrogen and oxygen atoms in total. The second-order valence-corrected chi connectivity index (χ2v) is 7.13. The molecule has 0 amide bonds. The van der Waals surface area contributed by atoms with Crippen molar-refractivity contribution in [2.45, 2.75) is 33.6 Å². The van der Waals surface area contributed by atoms with E-state index in [2.05, 4.69) is 19.9 Å². The molecule has 0 saturated heterocycles. The number of anilines is 1. The standard InChI is InChI=1S/C11H7F2N5.C7H14O2/c12-5-1-6-7(3-16-10(6)15-2-5)11-17-4-8(13)9(14)18-11;1-7(2,3)5-4-6(8)9/h1-4H,(H,15,16)(H2,14,17,18);4-5H2,1-3H3,(H,8,9). The molecule has 0 spiro atoms. The maximum atomic E-state index is 13.2. The monoisotopic (exact) mass is 377 g/mol. The van der Waals surface area contributed by atoms with Crippen molar-refractivity contribution in [3.8, 4) is 11.4 Å². The third kappa shape index (κ3) is 5.70. The van der Waals surface area contributed by atoms with Gasteiger partial charge in [0, 0.05) is 23.6 Å². The van der Waals surface area contributed by atoms with Gasteiger partial charge in [0.05, 0.1) is 12.4 Å². The number of pyridine rings is 1. The van der Waals surface area contributed by atoms with Crippen LogP contribution in [0.2, 0.25) is 0 Å². The average Bonchev–Trinajstić information content (AvgIpc) is 2.98. The van der Waals surface area contributed by atoms with Gasteiger partial charge in [-0.2, -0.15) is 0 Å². The lowest BCUT2D eigenvalue weighted by atomic mass is 9.91. The van der Waals surface area contributed by atoms with Crippen molar-refractivity contribution in [1.29, 1.82) is 0 Å². The molecule has 0 bridgehead atoms. The molecule has 3 aromatic rings. The van der Waals surface area contributed by atoms with Gasteiger partial charge in [-0.1, -0.05) is 20.8 Å². The first-order valence-corrected chi connectivity index (χ1v) is 8.19. The summed E-state index contributed by atoms with van der Waals surface area (Å²) in [5, 5.41) is 8.79. The second kappa shape index (κ2) is 8.07. The van der Waals surface area contributed by atoms with Gasteiger partial charge in [-0.3, -0.25) is 4.79 Å². The van der Waals surface area contributed by atoms with Crippen LogP contribution in [0.5, 0.6) is 0 Å². The first kappa shape index (κ1) is 20.2. The Balaban J connectivity index is 0.000000249. The molecule has 0 radical (unpaired) electrons. The zero-order valence-corrected chi connectivity index (χ0v) is 15.3. The molecule has 27 heavy (non-hydrogen) atoms. The number of nitrogen functional groups attached to an aromatic ring is 1. The van der Waals surface area contributed by atoms with Gasteiger partial charge in [0.2, 0.25) is 0 Å². The van der Waals surface area contributed by atoms with Gasteiger partial charge in [-0.05, 0) is 17.9 Å². The summed E-state index contributed by atoms with van der Waals surface area (Å²) in [5.41, 5.74) is 6.54. The van der Waals surface area contributed by atoms with Crippen LogP contribution in [-0.4, -0.2) is 31.0 Å². The number of hydrogen-bond donors (Lipinski definition) is 3. The predicted molar refractivity (Wildman–Crippen MR) is 97.8 cm³/mol. The van der Waals surface area contributed by atoms with E-state index >= 15 is 0 Å². The van der Waals surface area contributed by atoms with Crippen molar-refractivity contribution in [3.63, 3.8) is 0 Å². The van der Waals surface area contributed by atoms with Crippen LogP contribution < -0.4 is 5.73 Å². The van der Waals surface area contributed by atoms with E-state index in [9.17, 15) is 13.6 Å². The van der Waals surface area contributed by atoms with E-state index in [4.69, 9.17) is 10.8 Å². The van der Waals surface area contributed by atoms with E-state index in [1.54, 1.807) is 6.20 Å². The molecule has 3 aromatic heterocycles. The summed E-state index contributed by atoms with van der Waals surface area (Å²) in [4.78, 5) is 24.4. The number of aliphatic carboxylic acids is 1. The van der Waals surface area contributed by atoms with E-state index < -0.39 is 17.6 Å². The van der Waals surface area contributed by atoms with Crippen LogP contribution in [-0.2, 0) is 4.79 Å². The highest BCUT2D eigenvalue weighted by Crippen LogP contribution is 2.26. The number of halogens is 2. The lowest BCUT2D eigenvalue weighted by Gasteiger charge is -2.15. The Morgan fingerprint density at radius 1 is 1.26 bits per heavy atom. The number of hydrogen-bond acceptors (Lipinski definition) is 5. The molecule has 0 aliphatic heterocycles. The number of carboxylic acid groups (broad SMARTS) is 1. The number of rotatable bonds is 3. The Bertz CT molecular complexity index is 951. The Morgan fingerprint density at radius 3 is 2.52 bits per heavy atom. The quantitative estimate of drug-likeness (QED) is 0.639. The van der Waals surface area contributed by atoms with E-state index in [0.29, 0.717) is 16.6 Å². The third-order valence-corrected chi connectivity index (χ3v) is 3.60. The van der Waals surface area contributed by atoms with Crippen molar-refractivity contribution >= 4 is 22.8 Å². The van der Waals surface area contributed by atoms with E-state index in [1.807, 2.05) is 20.8 Å². The molecular weight excluding hydrogens is 356 g/mol. The number of aromatic amines is 1. The van der Waals surface area contributed by atoms with Crippen LogP contribution in [0.4, 0.5) is 14.6 Å². The minimum Gasteiger partial charge on any atom is -0.481 e. The molecule has 4 N–H and O–H groups in total. The first-order chi connectivity index (χ1) is 12.6. The van der Waals surface area contributed by atoms with Crippen LogP contribution in [0.1, 0.15) is 33.6 Å². The van der Waals surface area contributed by atoms with Crippen molar-refractivity contribution in [2.75, 3.05) is 5.73 Å². The molecule has 0 atom stereocenters. The lowest BCUT2D eigenvalue weighted by Crippen LogP contribution is -2.07. The molecule has 0 aliphatic rings. The molecule has 0 unspecified atom stereocenters. The first-order valence-electron chi connectivity index (χ1n) is 8.19. The summed E-state index contributed by atoms with van der Waals surface area (Å²) in [6.45, 7) is 6.11. The van der Waals surface area contributed by atoms with Crippen LogP contribution in [0.3, 0.4) is 0 Å². The number of nitrogens with one attached hydrogen (secondary N) is 1. The molecule has 3 rings (SSSR count). The number of nitrogens with two attached hydrogens (primary N) is 1. The summed E-state index contributed by atoms with van der Waals surface area (Å²) in [7, 11) is 0. The molecular formula is C18H21F2N5O2. The van der Waals surface area contributed by atoms with Gasteiger partial charge in [0.25, 0.3) is 0 Å².